The minimum atomic E-state index is -1.22. The van der Waals surface area contributed by atoms with Gasteiger partial charge in [0.15, 0.2) is 0 Å². The molecule has 2 aromatic heterocycles. The van der Waals surface area contributed by atoms with E-state index in [1.807, 2.05) is 39.8 Å². The molecular weight excluding hydrogens is 757 g/mol. The highest BCUT2D eigenvalue weighted by molar-refractivity contribution is 6.07. The van der Waals surface area contributed by atoms with Crippen LogP contribution in [0, 0.1) is 5.92 Å². The lowest BCUT2D eigenvalue weighted by atomic mass is 9.92. The van der Waals surface area contributed by atoms with Gasteiger partial charge in [0.2, 0.25) is 11.8 Å². The number of alkyl carbamates (subject to hydrolysis) is 1. The maximum absolute atomic E-state index is 13.8. The summed E-state index contributed by atoms with van der Waals surface area (Å²) in [5.41, 5.74) is 6.42. The molecule has 4 amide bonds. The van der Waals surface area contributed by atoms with E-state index in [-0.39, 0.29) is 48.5 Å². The second kappa shape index (κ2) is 15.9. The SMILES string of the molecule is COC[C@H](NC(=O)OC)C(=O)N1[C@@H](C)CC[C@H]1c1nc2c(ccc3cc4c(cc32)OCc2cc(-c3cnc([C@@H]5CC[C@H](C)N5C(=O)[C@@H](NC(=O)O)C(C)C)[nH]3)ccc2-4)[nH]1. The van der Waals surface area contributed by atoms with E-state index in [1.165, 1.54) is 14.2 Å². The normalized spacial score (nSPS) is 20.9. The van der Waals surface area contributed by atoms with Crippen LogP contribution in [-0.4, -0.2) is 104 Å². The van der Waals surface area contributed by atoms with Gasteiger partial charge < -0.3 is 49.7 Å². The maximum Gasteiger partial charge on any atom is 0.407 e. The Morgan fingerprint density at radius 1 is 0.898 bits per heavy atom. The van der Waals surface area contributed by atoms with Crippen molar-refractivity contribution in [2.45, 2.75) is 96.2 Å². The van der Waals surface area contributed by atoms with Gasteiger partial charge in [0.05, 0.1) is 48.7 Å². The quantitative estimate of drug-likeness (QED) is 0.105. The second-order valence-corrected chi connectivity index (χ2v) is 16.2. The van der Waals surface area contributed by atoms with E-state index < -0.39 is 24.3 Å². The Balaban J connectivity index is 1.05. The molecule has 5 heterocycles. The van der Waals surface area contributed by atoms with Crippen LogP contribution in [0.25, 0.3) is 44.2 Å². The Kier molecular flexibility index (Phi) is 10.7. The number of nitrogens with zero attached hydrogens (tertiary/aromatic N) is 4. The first-order valence-corrected chi connectivity index (χ1v) is 20.1. The molecule has 6 atom stereocenters. The molecule has 0 radical (unpaired) electrons. The molecule has 5 aromatic rings. The number of likely N-dealkylation sites (tertiary alicyclic amines) is 2. The number of aromatic amines is 2. The smallest absolute Gasteiger partial charge is 0.407 e. The Morgan fingerprint density at radius 3 is 2.32 bits per heavy atom. The molecule has 0 bridgehead atoms. The Morgan fingerprint density at radius 2 is 1.63 bits per heavy atom. The summed E-state index contributed by atoms with van der Waals surface area (Å²) >= 11 is 0. The number of hydrogen-bond acceptors (Lipinski definition) is 9. The van der Waals surface area contributed by atoms with Gasteiger partial charge in [0, 0.05) is 30.1 Å². The number of carboxylic acid groups (broad SMARTS) is 1. The molecule has 0 saturated carbocycles. The van der Waals surface area contributed by atoms with E-state index >= 15 is 0 Å². The summed E-state index contributed by atoms with van der Waals surface area (Å²) < 4.78 is 16.4. The van der Waals surface area contributed by atoms with Crippen LogP contribution in [0.1, 0.15) is 82.7 Å². The van der Waals surface area contributed by atoms with E-state index in [4.69, 9.17) is 24.2 Å². The molecule has 310 valence electrons. The van der Waals surface area contributed by atoms with Gasteiger partial charge in [-0.05, 0) is 91.8 Å². The lowest BCUT2D eigenvalue weighted by molar-refractivity contribution is -0.138. The molecule has 0 spiro atoms. The first-order valence-electron chi connectivity index (χ1n) is 20.1. The predicted octanol–water partition coefficient (Wildman–Crippen LogP) is 6.43. The zero-order chi connectivity index (χ0) is 41.7. The van der Waals surface area contributed by atoms with Crippen LogP contribution in [0.5, 0.6) is 5.75 Å². The van der Waals surface area contributed by atoms with Crippen molar-refractivity contribution < 1.29 is 38.5 Å². The fraction of sp³-hybridized carbons (Fsp3) is 0.442. The summed E-state index contributed by atoms with van der Waals surface area (Å²) in [6, 6.07) is 12.0. The summed E-state index contributed by atoms with van der Waals surface area (Å²) in [7, 11) is 2.74. The van der Waals surface area contributed by atoms with Crippen LogP contribution in [0.3, 0.4) is 0 Å². The largest absolute Gasteiger partial charge is 0.488 e. The van der Waals surface area contributed by atoms with Gasteiger partial charge in [-0.3, -0.25) is 9.59 Å². The highest BCUT2D eigenvalue weighted by Gasteiger charge is 2.42. The summed E-state index contributed by atoms with van der Waals surface area (Å²) in [4.78, 5) is 71.4. The van der Waals surface area contributed by atoms with E-state index in [2.05, 4.69) is 50.9 Å². The fourth-order valence-electron chi connectivity index (χ4n) is 9.06. The topological polar surface area (TPSA) is 204 Å². The molecule has 2 fully saturated rings. The molecule has 5 N–H and O–H groups in total. The van der Waals surface area contributed by atoms with Crippen molar-refractivity contribution in [3.05, 3.63) is 65.9 Å². The zero-order valence-corrected chi connectivity index (χ0v) is 34.0. The number of amides is 4. The van der Waals surface area contributed by atoms with Crippen LogP contribution < -0.4 is 15.4 Å². The summed E-state index contributed by atoms with van der Waals surface area (Å²) in [5.74, 6) is 1.37. The zero-order valence-electron chi connectivity index (χ0n) is 34.0. The lowest BCUT2D eigenvalue weighted by Gasteiger charge is -2.32. The summed E-state index contributed by atoms with van der Waals surface area (Å²) in [6.07, 6.45) is 2.85. The molecule has 16 heteroatoms. The molecule has 3 aliphatic heterocycles. The Labute approximate surface area is 341 Å². The number of rotatable bonds is 10. The van der Waals surface area contributed by atoms with Crippen LogP contribution in [-0.2, 0) is 25.7 Å². The van der Waals surface area contributed by atoms with Crippen LogP contribution in [0.4, 0.5) is 9.59 Å². The number of H-pyrrole nitrogens is 2. The number of hydrogen-bond donors (Lipinski definition) is 5. The predicted molar refractivity (Wildman–Crippen MR) is 219 cm³/mol. The molecule has 0 aliphatic carbocycles. The Bertz CT molecular complexity index is 2440. The second-order valence-electron chi connectivity index (χ2n) is 16.2. The van der Waals surface area contributed by atoms with Gasteiger partial charge in [-0.1, -0.05) is 32.0 Å². The standard InChI is InChI=1S/C43H50N8O8/c1-21(2)36(49-42(54)55)41(53)51-23(4)7-13-33(51)38-44-18-31(46-38)25-9-11-27-26(15-25)19-59-35-17-28-24(16-29(27)35)10-12-30-37(28)48-39(45-30)34-14-8-22(3)50(34)40(52)32(20-57-5)47-43(56)58-6/h9-12,15-18,21-23,32-34,36,49H,7-8,13-14,19-20H2,1-6H3,(H,44,46)(H,45,48)(H,47,56)(H,54,55)/t22-,23-,32-,33-,34-,36-/m0/s1. The summed E-state index contributed by atoms with van der Waals surface area (Å²) in [5, 5.41) is 16.3. The van der Waals surface area contributed by atoms with Gasteiger partial charge in [-0.25, -0.2) is 19.6 Å². The van der Waals surface area contributed by atoms with Crippen molar-refractivity contribution in [1.29, 1.82) is 0 Å². The molecule has 59 heavy (non-hydrogen) atoms. The van der Waals surface area contributed by atoms with Crippen LogP contribution in [0.15, 0.2) is 48.7 Å². The van der Waals surface area contributed by atoms with Crippen molar-refractivity contribution in [2.24, 2.45) is 5.92 Å². The molecule has 16 nitrogen and oxygen atoms in total. The van der Waals surface area contributed by atoms with Gasteiger partial charge in [-0.15, -0.1) is 0 Å². The average Bonchev–Trinajstić information content (AvgIpc) is 4.04. The van der Waals surface area contributed by atoms with Crippen molar-refractivity contribution in [3.8, 4) is 28.1 Å². The monoisotopic (exact) mass is 806 g/mol. The van der Waals surface area contributed by atoms with E-state index in [1.54, 1.807) is 16.0 Å². The highest BCUT2D eigenvalue weighted by Crippen LogP contribution is 2.44. The van der Waals surface area contributed by atoms with Gasteiger partial charge >= 0.3 is 12.2 Å². The number of carbonyl (C=O) groups excluding carboxylic acids is 3. The van der Waals surface area contributed by atoms with Crippen LogP contribution >= 0.6 is 0 Å². The molecular formula is C43H50N8O8. The van der Waals surface area contributed by atoms with Gasteiger partial charge in [0.1, 0.15) is 36.1 Å². The molecule has 0 unspecified atom stereocenters. The number of carbonyl (C=O) groups is 4. The molecule has 2 saturated heterocycles. The lowest BCUT2D eigenvalue weighted by Crippen LogP contribution is -2.52. The third-order valence-corrected chi connectivity index (χ3v) is 12.1. The molecule has 8 rings (SSSR count). The summed E-state index contributed by atoms with van der Waals surface area (Å²) in [6.45, 7) is 8.02. The first-order chi connectivity index (χ1) is 28.4. The number of imidazole rings is 2. The molecule has 3 aromatic carbocycles. The molecule has 3 aliphatic rings. The number of nitrogens with one attached hydrogen (secondary N) is 4. The number of benzene rings is 3. The number of methoxy groups -OCH3 is 2. The van der Waals surface area contributed by atoms with Gasteiger partial charge in [0.25, 0.3) is 0 Å². The van der Waals surface area contributed by atoms with E-state index in [0.29, 0.717) is 24.7 Å². The van der Waals surface area contributed by atoms with Crippen molar-refractivity contribution in [1.82, 2.24) is 40.4 Å². The van der Waals surface area contributed by atoms with E-state index in [0.717, 1.165) is 74.8 Å². The van der Waals surface area contributed by atoms with Crippen LogP contribution in [0.2, 0.25) is 0 Å². The van der Waals surface area contributed by atoms with E-state index in [9.17, 15) is 24.3 Å². The highest BCUT2D eigenvalue weighted by atomic mass is 16.5. The fourth-order valence-corrected chi connectivity index (χ4v) is 9.06. The number of aromatic nitrogens is 4. The maximum atomic E-state index is 13.8. The number of fused-ring (bicyclic) bond motifs is 6. The number of ether oxygens (including phenoxy) is 3. The van der Waals surface area contributed by atoms with Crippen molar-refractivity contribution in [3.63, 3.8) is 0 Å². The third kappa shape index (κ3) is 7.30. The van der Waals surface area contributed by atoms with Crippen molar-refractivity contribution in [2.75, 3.05) is 20.8 Å². The van der Waals surface area contributed by atoms with Crippen molar-refractivity contribution >= 4 is 45.8 Å². The minimum Gasteiger partial charge on any atom is -0.488 e. The third-order valence-electron chi connectivity index (χ3n) is 12.1. The Hall–Kier alpha value is -6.16. The first kappa shape index (κ1) is 39.7. The van der Waals surface area contributed by atoms with Gasteiger partial charge in [-0.2, -0.15) is 0 Å². The minimum absolute atomic E-state index is 0.00615. The average molecular weight is 807 g/mol.